The van der Waals surface area contributed by atoms with E-state index in [2.05, 4.69) is 14.9 Å². The molecule has 0 aliphatic carbocycles. The Morgan fingerprint density at radius 2 is 1.87 bits per heavy atom. The van der Waals surface area contributed by atoms with E-state index in [9.17, 15) is 20.2 Å². The second kappa shape index (κ2) is 2.97. The van der Waals surface area contributed by atoms with Gasteiger partial charge in [0.2, 0.25) is 5.52 Å². The maximum atomic E-state index is 10.6. The Bertz CT molecular complexity index is 562. The van der Waals surface area contributed by atoms with Crippen molar-refractivity contribution in [3.05, 3.63) is 32.4 Å². The first-order chi connectivity index (χ1) is 7.11. The van der Waals surface area contributed by atoms with Crippen LogP contribution in [0, 0.1) is 20.2 Å². The van der Waals surface area contributed by atoms with Gasteiger partial charge in [0.25, 0.3) is 0 Å². The highest BCUT2D eigenvalue weighted by Gasteiger charge is 2.30. The molecule has 0 N–H and O–H groups in total. The van der Waals surface area contributed by atoms with Gasteiger partial charge in [-0.25, -0.2) is 4.63 Å². The predicted octanol–water partition coefficient (Wildman–Crippen LogP) is 1.04. The molecule has 0 saturated carbocycles. The van der Waals surface area contributed by atoms with Crippen molar-refractivity contribution in [3.63, 3.8) is 0 Å². The third-order valence-corrected chi connectivity index (χ3v) is 1.76. The zero-order chi connectivity index (χ0) is 11.0. The van der Waals surface area contributed by atoms with Crippen LogP contribution in [0.2, 0.25) is 0 Å². The summed E-state index contributed by atoms with van der Waals surface area (Å²) in [4.78, 5) is 19.4. The van der Waals surface area contributed by atoms with Crippen LogP contribution in [0.5, 0.6) is 0 Å². The van der Waals surface area contributed by atoms with Gasteiger partial charge in [-0.15, -0.1) is 0 Å². The summed E-state index contributed by atoms with van der Waals surface area (Å²) >= 11 is 0. The van der Waals surface area contributed by atoms with Crippen molar-refractivity contribution in [1.82, 2.24) is 10.3 Å². The Balaban J connectivity index is 2.87. The van der Waals surface area contributed by atoms with Crippen molar-refractivity contribution < 1.29 is 14.5 Å². The number of nitrogens with zero attached hydrogens (tertiary/aromatic N) is 4. The van der Waals surface area contributed by atoms with Crippen molar-refractivity contribution >= 4 is 22.4 Å². The summed E-state index contributed by atoms with van der Waals surface area (Å²) in [5, 5.41) is 27.7. The molecule has 0 aliphatic rings. The van der Waals surface area contributed by atoms with Crippen LogP contribution in [-0.2, 0) is 0 Å². The molecule has 0 aliphatic heterocycles. The lowest BCUT2D eigenvalue weighted by atomic mass is 10.2. The monoisotopic (exact) mass is 210 g/mol. The standard InChI is InChI=1S/C6H2N4O5/c11-9(12)4-2-1-3-5(8-15-7-3)6(4)10(13)14/h1-2H. The number of aromatic nitrogens is 2. The molecule has 0 amide bonds. The molecule has 0 radical (unpaired) electrons. The number of nitro groups is 2. The first-order valence-corrected chi connectivity index (χ1v) is 3.65. The summed E-state index contributed by atoms with van der Waals surface area (Å²) in [5.74, 6) is 0. The fraction of sp³-hybridized carbons (Fsp3) is 0. The molecule has 0 spiro atoms. The molecule has 0 bridgehead atoms. The molecule has 0 unspecified atom stereocenters. The van der Waals surface area contributed by atoms with Gasteiger partial charge in [-0.2, -0.15) is 0 Å². The van der Waals surface area contributed by atoms with Gasteiger partial charge in [0.15, 0.2) is 0 Å². The SMILES string of the molecule is O=[N+]([O-])c1ccc2nonc2c1[N+](=O)[O-]. The van der Waals surface area contributed by atoms with Crippen LogP contribution in [0.3, 0.4) is 0 Å². The summed E-state index contributed by atoms with van der Waals surface area (Å²) in [7, 11) is 0. The zero-order valence-electron chi connectivity index (χ0n) is 6.98. The molecule has 9 heteroatoms. The van der Waals surface area contributed by atoms with Crippen molar-refractivity contribution in [3.8, 4) is 0 Å². The summed E-state index contributed by atoms with van der Waals surface area (Å²) in [6.07, 6.45) is 0. The molecule has 0 atom stereocenters. The van der Waals surface area contributed by atoms with E-state index in [0.717, 1.165) is 6.07 Å². The Kier molecular flexibility index (Phi) is 1.78. The number of rotatable bonds is 2. The molecule has 9 nitrogen and oxygen atoms in total. The number of hydrogen-bond donors (Lipinski definition) is 0. The highest BCUT2D eigenvalue weighted by Crippen LogP contribution is 2.32. The van der Waals surface area contributed by atoms with Gasteiger partial charge in [-0.1, -0.05) is 0 Å². The average molecular weight is 210 g/mol. The first-order valence-electron chi connectivity index (χ1n) is 3.65. The van der Waals surface area contributed by atoms with Crippen LogP contribution in [0.4, 0.5) is 11.4 Å². The molecular formula is C6H2N4O5. The third-order valence-electron chi connectivity index (χ3n) is 1.76. The van der Waals surface area contributed by atoms with E-state index >= 15 is 0 Å². The van der Waals surface area contributed by atoms with Gasteiger partial charge in [0.05, 0.1) is 9.85 Å². The first kappa shape index (κ1) is 8.99. The van der Waals surface area contributed by atoms with Crippen LogP contribution in [0.15, 0.2) is 16.8 Å². The molecule has 1 aromatic carbocycles. The minimum Gasteiger partial charge on any atom is -0.258 e. The summed E-state index contributed by atoms with van der Waals surface area (Å²) in [6, 6.07) is 2.22. The van der Waals surface area contributed by atoms with E-state index < -0.39 is 21.2 Å². The number of fused-ring (bicyclic) bond motifs is 1. The molecule has 2 rings (SSSR count). The second-order valence-corrected chi connectivity index (χ2v) is 2.58. The number of benzene rings is 1. The fourth-order valence-corrected chi connectivity index (χ4v) is 1.15. The lowest BCUT2D eigenvalue weighted by Crippen LogP contribution is -1.97. The lowest BCUT2D eigenvalue weighted by molar-refractivity contribution is -0.421. The van der Waals surface area contributed by atoms with Gasteiger partial charge < -0.3 is 0 Å². The lowest BCUT2D eigenvalue weighted by Gasteiger charge is -1.92. The average Bonchev–Trinajstić information content (AvgIpc) is 2.62. The normalized spacial score (nSPS) is 10.4. The highest BCUT2D eigenvalue weighted by molar-refractivity contribution is 5.88. The Morgan fingerprint density at radius 3 is 2.47 bits per heavy atom. The molecule has 2 aromatic rings. The molecule has 0 fully saturated rings. The molecule has 1 heterocycles. The fourth-order valence-electron chi connectivity index (χ4n) is 1.15. The Hall–Kier alpha value is -2.58. The van der Waals surface area contributed by atoms with E-state index in [4.69, 9.17) is 0 Å². The molecule has 15 heavy (non-hydrogen) atoms. The maximum absolute atomic E-state index is 10.6. The Labute approximate surface area is 80.6 Å². The minimum absolute atomic E-state index is 0.104. The van der Waals surface area contributed by atoms with Gasteiger partial charge in [0, 0.05) is 6.07 Å². The van der Waals surface area contributed by atoms with Crippen LogP contribution in [0.1, 0.15) is 0 Å². The topological polar surface area (TPSA) is 125 Å². The highest BCUT2D eigenvalue weighted by atomic mass is 16.6. The largest absolute Gasteiger partial charge is 0.377 e. The summed E-state index contributed by atoms with van der Waals surface area (Å²) in [6.45, 7) is 0. The van der Waals surface area contributed by atoms with Crippen molar-refractivity contribution in [2.45, 2.75) is 0 Å². The number of nitro benzene ring substituents is 2. The maximum Gasteiger partial charge on any atom is 0.377 e. The van der Waals surface area contributed by atoms with Gasteiger partial charge >= 0.3 is 11.4 Å². The molecule has 1 aromatic heterocycles. The quantitative estimate of drug-likeness (QED) is 0.535. The van der Waals surface area contributed by atoms with Gasteiger partial charge in [0.1, 0.15) is 5.52 Å². The molecule has 76 valence electrons. The molecule has 0 saturated heterocycles. The van der Waals surface area contributed by atoms with E-state index in [1.54, 1.807) is 0 Å². The van der Waals surface area contributed by atoms with Crippen LogP contribution in [-0.4, -0.2) is 20.2 Å². The van der Waals surface area contributed by atoms with Crippen molar-refractivity contribution in [1.29, 1.82) is 0 Å². The molecular weight excluding hydrogens is 208 g/mol. The third kappa shape index (κ3) is 1.25. The number of hydrogen-bond acceptors (Lipinski definition) is 7. The van der Waals surface area contributed by atoms with Crippen LogP contribution >= 0.6 is 0 Å². The van der Waals surface area contributed by atoms with E-state index in [-0.39, 0.29) is 11.0 Å². The van der Waals surface area contributed by atoms with Crippen molar-refractivity contribution in [2.24, 2.45) is 0 Å². The smallest absolute Gasteiger partial charge is 0.258 e. The van der Waals surface area contributed by atoms with E-state index in [1.807, 2.05) is 0 Å². The van der Waals surface area contributed by atoms with E-state index in [1.165, 1.54) is 6.07 Å². The minimum atomic E-state index is -0.884. The summed E-state index contributed by atoms with van der Waals surface area (Å²) < 4.78 is 4.26. The Morgan fingerprint density at radius 1 is 1.13 bits per heavy atom. The summed E-state index contributed by atoms with van der Waals surface area (Å²) in [5.41, 5.74) is -1.47. The van der Waals surface area contributed by atoms with Crippen molar-refractivity contribution in [2.75, 3.05) is 0 Å². The van der Waals surface area contributed by atoms with Crippen LogP contribution in [0.25, 0.3) is 11.0 Å². The zero-order valence-corrected chi connectivity index (χ0v) is 6.98. The predicted molar refractivity (Wildman–Crippen MR) is 45.1 cm³/mol. The van der Waals surface area contributed by atoms with Gasteiger partial charge in [-0.05, 0) is 16.4 Å². The van der Waals surface area contributed by atoms with E-state index in [0.29, 0.717) is 0 Å². The van der Waals surface area contributed by atoms with Gasteiger partial charge in [-0.3, -0.25) is 20.2 Å². The second-order valence-electron chi connectivity index (χ2n) is 2.58. The van der Waals surface area contributed by atoms with Crippen LogP contribution < -0.4 is 0 Å².